The summed E-state index contributed by atoms with van der Waals surface area (Å²) >= 11 is 0. The first-order chi connectivity index (χ1) is 9.66. The maximum atomic E-state index is 12.0. The van der Waals surface area contributed by atoms with E-state index in [1.54, 1.807) is 0 Å². The number of amides is 1. The summed E-state index contributed by atoms with van der Waals surface area (Å²) in [4.78, 5) is 12.0. The zero-order valence-electron chi connectivity index (χ0n) is 11.8. The van der Waals surface area contributed by atoms with E-state index in [1.807, 2.05) is 30.3 Å². The van der Waals surface area contributed by atoms with Gasteiger partial charge in [0.1, 0.15) is 0 Å². The van der Waals surface area contributed by atoms with E-state index in [2.05, 4.69) is 5.32 Å². The standard InChI is InChI=1S/C16H24N2O2/c17-13(11-10-12-6-2-1-3-7-12)16(20)18-14-8-4-5-9-15(14)19/h1-3,6-7,13-15,19H,4-5,8-11,17H2,(H,18,20)/t13-,14+,15+/m0/s1. The maximum absolute atomic E-state index is 12.0. The summed E-state index contributed by atoms with van der Waals surface area (Å²) in [6.07, 6.45) is 4.70. The molecule has 0 spiro atoms. The van der Waals surface area contributed by atoms with E-state index in [0.717, 1.165) is 32.1 Å². The van der Waals surface area contributed by atoms with Gasteiger partial charge >= 0.3 is 0 Å². The summed E-state index contributed by atoms with van der Waals surface area (Å²) in [5.41, 5.74) is 7.12. The van der Waals surface area contributed by atoms with Crippen molar-refractivity contribution < 1.29 is 9.90 Å². The number of rotatable bonds is 5. The van der Waals surface area contributed by atoms with Crippen LogP contribution >= 0.6 is 0 Å². The molecule has 2 rings (SSSR count). The maximum Gasteiger partial charge on any atom is 0.237 e. The average molecular weight is 276 g/mol. The van der Waals surface area contributed by atoms with Crippen LogP contribution in [0.2, 0.25) is 0 Å². The number of aliphatic hydroxyl groups is 1. The fourth-order valence-electron chi connectivity index (χ4n) is 2.67. The van der Waals surface area contributed by atoms with Crippen LogP contribution in [0.4, 0.5) is 0 Å². The highest BCUT2D eigenvalue weighted by Crippen LogP contribution is 2.18. The van der Waals surface area contributed by atoms with Crippen molar-refractivity contribution >= 4 is 5.91 Å². The van der Waals surface area contributed by atoms with Gasteiger partial charge in [-0.2, -0.15) is 0 Å². The molecule has 110 valence electrons. The Morgan fingerprint density at radius 1 is 1.30 bits per heavy atom. The van der Waals surface area contributed by atoms with Gasteiger partial charge in [0.15, 0.2) is 0 Å². The second-order valence-corrected chi connectivity index (χ2v) is 5.60. The molecule has 4 nitrogen and oxygen atoms in total. The Morgan fingerprint density at radius 3 is 2.70 bits per heavy atom. The molecule has 1 aromatic carbocycles. The van der Waals surface area contributed by atoms with Crippen LogP contribution in [-0.4, -0.2) is 29.2 Å². The molecule has 1 aromatic rings. The van der Waals surface area contributed by atoms with Gasteiger partial charge in [0, 0.05) is 0 Å². The molecule has 0 aliphatic heterocycles. The molecule has 1 fully saturated rings. The Labute approximate surface area is 120 Å². The number of benzene rings is 1. The van der Waals surface area contributed by atoms with Gasteiger partial charge in [-0.3, -0.25) is 4.79 Å². The Bertz CT molecular complexity index is 422. The molecule has 1 amide bonds. The molecule has 0 heterocycles. The lowest BCUT2D eigenvalue weighted by atomic mass is 9.92. The molecule has 0 bridgehead atoms. The van der Waals surface area contributed by atoms with Crippen molar-refractivity contribution in [1.82, 2.24) is 5.32 Å². The first-order valence-corrected chi connectivity index (χ1v) is 7.45. The average Bonchev–Trinajstić information content (AvgIpc) is 2.48. The van der Waals surface area contributed by atoms with Crippen molar-refractivity contribution in [2.24, 2.45) is 5.73 Å². The summed E-state index contributed by atoms with van der Waals surface area (Å²) in [5.74, 6) is -0.146. The monoisotopic (exact) mass is 276 g/mol. The lowest BCUT2D eigenvalue weighted by molar-refractivity contribution is -0.124. The third kappa shape index (κ3) is 4.32. The summed E-state index contributed by atoms with van der Waals surface area (Å²) in [6, 6.07) is 9.38. The smallest absolute Gasteiger partial charge is 0.237 e. The van der Waals surface area contributed by atoms with Crippen LogP contribution in [0.5, 0.6) is 0 Å². The van der Waals surface area contributed by atoms with Crippen molar-refractivity contribution in [3.63, 3.8) is 0 Å². The molecule has 0 saturated heterocycles. The number of hydrogen-bond donors (Lipinski definition) is 3. The van der Waals surface area contributed by atoms with Crippen LogP contribution in [0, 0.1) is 0 Å². The topological polar surface area (TPSA) is 75.4 Å². The number of nitrogens with one attached hydrogen (secondary N) is 1. The van der Waals surface area contributed by atoms with Crippen LogP contribution in [-0.2, 0) is 11.2 Å². The number of carbonyl (C=O) groups excluding carboxylic acids is 1. The lowest BCUT2D eigenvalue weighted by Gasteiger charge is -2.29. The van der Waals surface area contributed by atoms with E-state index in [0.29, 0.717) is 6.42 Å². The number of carbonyl (C=O) groups is 1. The van der Waals surface area contributed by atoms with E-state index < -0.39 is 12.1 Å². The van der Waals surface area contributed by atoms with Crippen LogP contribution in [0.1, 0.15) is 37.7 Å². The van der Waals surface area contributed by atoms with Crippen LogP contribution in [0.3, 0.4) is 0 Å². The summed E-state index contributed by atoms with van der Waals surface area (Å²) in [5, 5.41) is 12.7. The number of aryl methyl sites for hydroxylation is 1. The summed E-state index contributed by atoms with van der Waals surface area (Å²) in [6.45, 7) is 0. The van der Waals surface area contributed by atoms with E-state index in [4.69, 9.17) is 5.73 Å². The van der Waals surface area contributed by atoms with Crippen molar-refractivity contribution in [2.75, 3.05) is 0 Å². The largest absolute Gasteiger partial charge is 0.391 e. The molecule has 0 aromatic heterocycles. The predicted molar refractivity (Wildman–Crippen MR) is 79.1 cm³/mol. The second kappa shape index (κ2) is 7.41. The van der Waals surface area contributed by atoms with Crippen molar-refractivity contribution in [2.45, 2.75) is 56.7 Å². The molecule has 1 saturated carbocycles. The predicted octanol–water partition coefficient (Wildman–Crippen LogP) is 1.37. The first kappa shape index (κ1) is 15.0. The second-order valence-electron chi connectivity index (χ2n) is 5.60. The molecule has 3 atom stereocenters. The third-order valence-electron chi connectivity index (χ3n) is 3.98. The molecular formula is C16H24N2O2. The number of aliphatic hydroxyl groups excluding tert-OH is 1. The minimum atomic E-state index is -0.510. The number of nitrogens with two attached hydrogens (primary N) is 1. The SMILES string of the molecule is N[C@@H](CCc1ccccc1)C(=O)N[C@@H]1CCCC[C@H]1O. The quantitative estimate of drug-likeness (QED) is 0.760. The molecule has 1 aliphatic rings. The Kier molecular flexibility index (Phi) is 5.56. The fraction of sp³-hybridized carbons (Fsp3) is 0.562. The molecule has 0 radical (unpaired) electrons. The minimum absolute atomic E-state index is 0.126. The third-order valence-corrected chi connectivity index (χ3v) is 3.98. The van der Waals surface area contributed by atoms with E-state index in [9.17, 15) is 9.90 Å². The lowest BCUT2D eigenvalue weighted by Crippen LogP contribution is -2.50. The van der Waals surface area contributed by atoms with Crippen molar-refractivity contribution in [1.29, 1.82) is 0 Å². The van der Waals surface area contributed by atoms with Gasteiger partial charge in [-0.05, 0) is 31.2 Å². The number of hydrogen-bond acceptors (Lipinski definition) is 3. The first-order valence-electron chi connectivity index (χ1n) is 7.45. The normalized spacial score (nSPS) is 24.1. The van der Waals surface area contributed by atoms with Gasteiger partial charge in [-0.1, -0.05) is 43.2 Å². The van der Waals surface area contributed by atoms with Gasteiger partial charge in [0.25, 0.3) is 0 Å². The molecule has 4 heteroatoms. The highest BCUT2D eigenvalue weighted by Gasteiger charge is 2.26. The molecular weight excluding hydrogens is 252 g/mol. The molecule has 0 unspecified atom stereocenters. The van der Waals surface area contributed by atoms with Crippen LogP contribution < -0.4 is 11.1 Å². The Hall–Kier alpha value is -1.39. The van der Waals surface area contributed by atoms with Gasteiger partial charge in [0.05, 0.1) is 18.2 Å². The molecule has 4 N–H and O–H groups in total. The van der Waals surface area contributed by atoms with Crippen LogP contribution in [0.25, 0.3) is 0 Å². The fourth-order valence-corrected chi connectivity index (χ4v) is 2.67. The summed E-state index contributed by atoms with van der Waals surface area (Å²) < 4.78 is 0. The van der Waals surface area contributed by atoms with Crippen LogP contribution in [0.15, 0.2) is 30.3 Å². The Balaban J connectivity index is 1.77. The van der Waals surface area contributed by atoms with Gasteiger partial charge in [0.2, 0.25) is 5.91 Å². The van der Waals surface area contributed by atoms with Crippen molar-refractivity contribution in [3.8, 4) is 0 Å². The van der Waals surface area contributed by atoms with Gasteiger partial charge in [-0.25, -0.2) is 0 Å². The zero-order chi connectivity index (χ0) is 14.4. The highest BCUT2D eigenvalue weighted by molar-refractivity contribution is 5.81. The molecule has 1 aliphatic carbocycles. The van der Waals surface area contributed by atoms with Gasteiger partial charge < -0.3 is 16.2 Å². The van der Waals surface area contributed by atoms with Gasteiger partial charge in [-0.15, -0.1) is 0 Å². The van der Waals surface area contributed by atoms with E-state index in [-0.39, 0.29) is 11.9 Å². The van der Waals surface area contributed by atoms with E-state index >= 15 is 0 Å². The highest BCUT2D eigenvalue weighted by atomic mass is 16.3. The van der Waals surface area contributed by atoms with E-state index in [1.165, 1.54) is 5.56 Å². The van der Waals surface area contributed by atoms with Crippen molar-refractivity contribution in [3.05, 3.63) is 35.9 Å². The minimum Gasteiger partial charge on any atom is -0.391 e. The zero-order valence-corrected chi connectivity index (χ0v) is 11.8. The molecule has 20 heavy (non-hydrogen) atoms. The summed E-state index contributed by atoms with van der Waals surface area (Å²) in [7, 11) is 0. The Morgan fingerprint density at radius 2 is 2.00 bits per heavy atom.